The van der Waals surface area contributed by atoms with E-state index < -0.39 is 0 Å². The van der Waals surface area contributed by atoms with E-state index in [1.807, 2.05) is 0 Å². The monoisotopic (exact) mass is 634 g/mol. The molecule has 0 fully saturated rings. The predicted octanol–water partition coefficient (Wildman–Crippen LogP) is 12.5. The van der Waals surface area contributed by atoms with Crippen LogP contribution in [0.25, 0.3) is 55.2 Å². The third-order valence-corrected chi connectivity index (χ3v) is 10.1. The number of unbranched alkanes of at least 4 members (excludes halogenated alkanes) is 10. The first-order chi connectivity index (χ1) is 23.8. The van der Waals surface area contributed by atoms with Gasteiger partial charge in [0.05, 0.1) is 22.1 Å². The molecule has 0 saturated heterocycles. The van der Waals surface area contributed by atoms with Crippen LogP contribution in [0.4, 0.5) is 0 Å². The van der Waals surface area contributed by atoms with E-state index in [1.54, 1.807) is 0 Å². The van der Waals surface area contributed by atoms with Gasteiger partial charge in [0.15, 0.2) is 0 Å². The normalized spacial score (nSPS) is 11.9. The summed E-state index contributed by atoms with van der Waals surface area (Å²) in [5.41, 5.74) is 7.13. The van der Waals surface area contributed by atoms with Gasteiger partial charge < -0.3 is 0 Å². The van der Waals surface area contributed by atoms with E-state index in [-0.39, 0.29) is 0 Å². The van der Waals surface area contributed by atoms with Gasteiger partial charge in [0, 0.05) is 32.9 Å². The lowest BCUT2D eigenvalue weighted by atomic mass is 10.1. The van der Waals surface area contributed by atoms with Crippen LogP contribution in [-0.2, 0) is 12.8 Å². The Morgan fingerprint density at radius 3 is 1.56 bits per heavy atom. The standard InChI is InChI=1S/C44H50N4/c1-3-5-7-9-11-13-21-33-23-19-29-41(45-33)47-39-28-18-16-26-37(39)43-40(47)32-31-36-35-25-15-17-27-38(35)48(44(36)43)42-30-20-24-34(46-42)22-14-12-10-8-6-4-2/h15-20,23-32H,3-14,21-22H2,1-2H3. The van der Waals surface area contributed by atoms with E-state index in [1.165, 1.54) is 132 Å². The fraction of sp³-hybridized carbons (Fsp3) is 0.364. The first-order valence-electron chi connectivity index (χ1n) is 18.7. The lowest BCUT2D eigenvalue weighted by Crippen LogP contribution is -2.01. The van der Waals surface area contributed by atoms with Crippen molar-refractivity contribution in [3.05, 3.63) is 108 Å². The van der Waals surface area contributed by atoms with Crippen LogP contribution in [0, 0.1) is 0 Å². The first kappa shape index (κ1) is 32.1. The minimum Gasteiger partial charge on any atom is -0.294 e. The number of hydrogen-bond donors (Lipinski definition) is 0. The molecule has 4 heterocycles. The van der Waals surface area contributed by atoms with Crippen molar-refractivity contribution < 1.29 is 0 Å². The molecule has 0 saturated carbocycles. The van der Waals surface area contributed by atoms with Gasteiger partial charge in [-0.25, -0.2) is 9.97 Å². The van der Waals surface area contributed by atoms with Crippen LogP contribution in [0.3, 0.4) is 0 Å². The van der Waals surface area contributed by atoms with Crippen LogP contribution < -0.4 is 0 Å². The van der Waals surface area contributed by atoms with E-state index in [0.29, 0.717) is 0 Å². The molecule has 0 spiro atoms. The van der Waals surface area contributed by atoms with Crippen molar-refractivity contribution in [1.82, 2.24) is 19.1 Å². The van der Waals surface area contributed by atoms with Gasteiger partial charge >= 0.3 is 0 Å². The van der Waals surface area contributed by atoms with Gasteiger partial charge in [0.1, 0.15) is 11.6 Å². The van der Waals surface area contributed by atoms with E-state index in [4.69, 9.17) is 9.97 Å². The summed E-state index contributed by atoms with van der Waals surface area (Å²) < 4.78 is 4.79. The quantitative estimate of drug-likeness (QED) is 0.0992. The Morgan fingerprint density at radius 1 is 0.417 bits per heavy atom. The van der Waals surface area contributed by atoms with Crippen LogP contribution in [0.1, 0.15) is 102 Å². The van der Waals surface area contributed by atoms with Gasteiger partial charge in [-0.05, 0) is 68.1 Å². The average molecular weight is 635 g/mol. The molecule has 7 aromatic rings. The van der Waals surface area contributed by atoms with Gasteiger partial charge in [-0.1, -0.05) is 133 Å². The Labute approximate surface area is 285 Å². The molecular weight excluding hydrogens is 585 g/mol. The third-order valence-electron chi connectivity index (χ3n) is 10.1. The van der Waals surface area contributed by atoms with E-state index in [9.17, 15) is 0 Å². The minimum absolute atomic E-state index is 0.991. The van der Waals surface area contributed by atoms with E-state index >= 15 is 0 Å². The maximum absolute atomic E-state index is 5.31. The minimum atomic E-state index is 0.991. The Balaban J connectivity index is 1.33. The molecule has 7 rings (SSSR count). The zero-order valence-electron chi connectivity index (χ0n) is 28.9. The molecule has 0 radical (unpaired) electrons. The average Bonchev–Trinajstić information content (AvgIpc) is 3.64. The highest BCUT2D eigenvalue weighted by Gasteiger charge is 2.21. The van der Waals surface area contributed by atoms with Crippen LogP contribution in [0.2, 0.25) is 0 Å². The van der Waals surface area contributed by atoms with Crippen molar-refractivity contribution in [2.45, 2.75) is 104 Å². The molecule has 0 bridgehead atoms. The smallest absolute Gasteiger partial charge is 0.137 e. The predicted molar refractivity (Wildman–Crippen MR) is 205 cm³/mol. The van der Waals surface area contributed by atoms with E-state index in [2.05, 4.69) is 120 Å². The second-order valence-corrected chi connectivity index (χ2v) is 13.6. The van der Waals surface area contributed by atoms with Gasteiger partial charge in [0.25, 0.3) is 0 Å². The molecule has 0 N–H and O–H groups in total. The van der Waals surface area contributed by atoms with Gasteiger partial charge in [-0.3, -0.25) is 9.13 Å². The second kappa shape index (κ2) is 15.2. The number of hydrogen-bond acceptors (Lipinski definition) is 2. The fourth-order valence-corrected chi connectivity index (χ4v) is 7.63. The summed E-state index contributed by atoms with van der Waals surface area (Å²) in [5, 5.41) is 5.02. The van der Waals surface area contributed by atoms with Crippen molar-refractivity contribution in [2.24, 2.45) is 0 Å². The van der Waals surface area contributed by atoms with Crippen LogP contribution in [-0.4, -0.2) is 19.1 Å². The maximum atomic E-state index is 5.31. The lowest BCUT2D eigenvalue weighted by molar-refractivity contribution is 0.604. The number of para-hydroxylation sites is 2. The summed E-state index contributed by atoms with van der Waals surface area (Å²) in [6.07, 6.45) is 17.6. The molecule has 0 unspecified atom stereocenters. The molecule has 246 valence electrons. The van der Waals surface area contributed by atoms with Crippen molar-refractivity contribution in [3.63, 3.8) is 0 Å². The molecular formula is C44H50N4. The highest BCUT2D eigenvalue weighted by Crippen LogP contribution is 2.41. The largest absolute Gasteiger partial charge is 0.294 e. The topological polar surface area (TPSA) is 35.6 Å². The molecule has 0 aliphatic heterocycles. The number of benzene rings is 3. The summed E-state index contributed by atoms with van der Waals surface area (Å²) >= 11 is 0. The molecule has 4 heteroatoms. The SMILES string of the molecule is CCCCCCCCc1cccc(-n2c3ccccc3c3c2ccc2c4ccccc4n(-c4cccc(CCCCCCCC)n4)c23)n1. The lowest BCUT2D eigenvalue weighted by Gasteiger charge is -2.11. The first-order valence-corrected chi connectivity index (χ1v) is 18.7. The Hall–Kier alpha value is -4.44. The van der Waals surface area contributed by atoms with Gasteiger partial charge in [-0.15, -0.1) is 0 Å². The molecule has 3 aromatic carbocycles. The van der Waals surface area contributed by atoms with Crippen LogP contribution in [0.5, 0.6) is 0 Å². The molecule has 48 heavy (non-hydrogen) atoms. The molecule has 0 aliphatic rings. The number of aryl methyl sites for hydroxylation is 2. The Bertz CT molecular complexity index is 2130. The van der Waals surface area contributed by atoms with Gasteiger partial charge in [-0.2, -0.15) is 0 Å². The van der Waals surface area contributed by atoms with Crippen molar-refractivity contribution >= 4 is 43.6 Å². The Kier molecular flexibility index (Phi) is 10.2. The fourth-order valence-electron chi connectivity index (χ4n) is 7.63. The number of fused-ring (bicyclic) bond motifs is 7. The summed E-state index contributed by atoms with van der Waals surface area (Å²) in [6, 6.07) is 35.4. The third kappa shape index (κ3) is 6.50. The Morgan fingerprint density at radius 2 is 0.938 bits per heavy atom. The van der Waals surface area contributed by atoms with Crippen molar-refractivity contribution in [3.8, 4) is 11.6 Å². The molecule has 0 aliphatic carbocycles. The highest BCUT2D eigenvalue weighted by atomic mass is 15.1. The van der Waals surface area contributed by atoms with E-state index in [0.717, 1.165) is 24.5 Å². The van der Waals surface area contributed by atoms with Crippen LogP contribution >= 0.6 is 0 Å². The molecule has 4 nitrogen and oxygen atoms in total. The zero-order chi connectivity index (χ0) is 32.7. The highest BCUT2D eigenvalue weighted by molar-refractivity contribution is 6.26. The number of aromatic nitrogens is 4. The number of pyridine rings is 2. The summed E-state index contributed by atoms with van der Waals surface area (Å²) in [4.78, 5) is 10.6. The molecule has 4 aromatic heterocycles. The van der Waals surface area contributed by atoms with Crippen molar-refractivity contribution in [1.29, 1.82) is 0 Å². The summed E-state index contributed by atoms with van der Waals surface area (Å²) in [6.45, 7) is 4.56. The zero-order valence-corrected chi connectivity index (χ0v) is 28.9. The summed E-state index contributed by atoms with van der Waals surface area (Å²) in [5.74, 6) is 1.99. The second-order valence-electron chi connectivity index (χ2n) is 13.6. The molecule has 0 amide bonds. The maximum Gasteiger partial charge on any atom is 0.137 e. The van der Waals surface area contributed by atoms with Crippen LogP contribution in [0.15, 0.2) is 97.1 Å². The number of nitrogens with zero attached hydrogens (tertiary/aromatic N) is 4. The van der Waals surface area contributed by atoms with Gasteiger partial charge in [0.2, 0.25) is 0 Å². The van der Waals surface area contributed by atoms with Crippen molar-refractivity contribution in [2.75, 3.05) is 0 Å². The molecule has 0 atom stereocenters. The number of rotatable bonds is 16. The summed E-state index contributed by atoms with van der Waals surface area (Å²) in [7, 11) is 0.